The van der Waals surface area contributed by atoms with E-state index >= 15 is 0 Å². The maximum absolute atomic E-state index is 4.82. The third-order valence-electron chi connectivity index (χ3n) is 0.732. The molecule has 0 aromatic heterocycles. The molecule has 44 valence electrons. The second kappa shape index (κ2) is 6.44. The average Bonchev–Trinajstić information content (AvgIpc) is 1.69. The van der Waals surface area contributed by atoms with Crippen molar-refractivity contribution in [2.45, 2.75) is 12.8 Å². The minimum absolute atomic E-state index is 0.894. The van der Waals surface area contributed by atoms with Crippen LogP contribution in [0.3, 0.4) is 0 Å². The summed E-state index contributed by atoms with van der Waals surface area (Å²) in [6.45, 7) is 0.894. The normalized spacial score (nSPS) is 9.43. The summed E-state index contributed by atoms with van der Waals surface area (Å²) >= 11 is 3.32. The van der Waals surface area contributed by atoms with Crippen LogP contribution >= 0.6 is 15.9 Å². The van der Waals surface area contributed by atoms with Crippen LogP contribution in [0, 0.1) is 0 Å². The van der Waals surface area contributed by atoms with E-state index in [0.717, 1.165) is 11.9 Å². The highest BCUT2D eigenvalue weighted by Crippen LogP contribution is 1.92. The quantitative estimate of drug-likeness (QED) is 0.458. The molecule has 0 spiro atoms. The third kappa shape index (κ3) is 6.44. The summed E-state index contributed by atoms with van der Waals surface area (Å²) in [5, 5.41) is 1.09. The largest absolute Gasteiger partial charge is 0.385 e. The van der Waals surface area contributed by atoms with Gasteiger partial charge in [-0.3, -0.25) is 0 Å². The van der Waals surface area contributed by atoms with Gasteiger partial charge in [-0.2, -0.15) is 0 Å². The highest BCUT2D eigenvalue weighted by atomic mass is 79.9. The number of hydrogen-bond donors (Lipinski definition) is 0. The Balaban J connectivity index is 2.45. The van der Waals surface area contributed by atoms with Gasteiger partial charge in [0, 0.05) is 19.0 Å². The Hall–Kier alpha value is 0.440. The molecule has 0 fully saturated rings. The summed E-state index contributed by atoms with van der Waals surface area (Å²) < 4.78 is 4.82. The van der Waals surface area contributed by atoms with Crippen molar-refractivity contribution in [3.8, 4) is 0 Å². The minimum atomic E-state index is 0.894. The van der Waals surface area contributed by atoms with Crippen LogP contribution in [0.5, 0.6) is 0 Å². The van der Waals surface area contributed by atoms with Gasteiger partial charge >= 0.3 is 0 Å². The summed E-state index contributed by atoms with van der Waals surface area (Å²) in [6.07, 6.45) is 2.38. The van der Waals surface area contributed by atoms with Crippen LogP contribution in [0.15, 0.2) is 0 Å². The van der Waals surface area contributed by atoms with E-state index in [1.54, 1.807) is 7.11 Å². The van der Waals surface area contributed by atoms with Crippen LogP contribution in [0.2, 0.25) is 0 Å². The Morgan fingerprint density at radius 1 is 1.43 bits per heavy atom. The molecule has 0 aromatic carbocycles. The fourth-order valence-electron chi connectivity index (χ4n) is 0.341. The first kappa shape index (κ1) is 7.44. The van der Waals surface area contributed by atoms with Crippen LogP contribution in [0.1, 0.15) is 12.8 Å². The zero-order valence-electron chi connectivity index (χ0n) is 4.61. The smallest absolute Gasteiger partial charge is 0.0462 e. The molecule has 0 rings (SSSR count). The first-order chi connectivity index (χ1) is 3.41. The molecular weight excluding hydrogens is 156 g/mol. The maximum Gasteiger partial charge on any atom is 0.0462 e. The van der Waals surface area contributed by atoms with Gasteiger partial charge in [-0.1, -0.05) is 15.9 Å². The average molecular weight is 167 g/mol. The molecule has 0 aliphatic rings. The first-order valence-electron chi connectivity index (χ1n) is 2.46. The van der Waals surface area contributed by atoms with Gasteiger partial charge < -0.3 is 4.74 Å². The van der Waals surface area contributed by atoms with Crippen LogP contribution in [0.25, 0.3) is 0 Å². The van der Waals surface area contributed by atoms with Crippen molar-refractivity contribution in [1.29, 1.82) is 0 Å². The SMILES string of the molecule is COCCCCBr. The van der Waals surface area contributed by atoms with Gasteiger partial charge in [0.2, 0.25) is 0 Å². The molecule has 0 amide bonds. The maximum atomic E-state index is 4.82. The van der Waals surface area contributed by atoms with E-state index in [1.807, 2.05) is 0 Å². The molecule has 0 aliphatic heterocycles. The second-order valence-corrected chi connectivity index (χ2v) is 2.18. The van der Waals surface area contributed by atoms with Crippen LogP contribution in [-0.2, 0) is 4.74 Å². The summed E-state index contributed by atoms with van der Waals surface area (Å²) in [6, 6.07) is 0. The van der Waals surface area contributed by atoms with E-state index in [1.165, 1.54) is 12.8 Å². The fourth-order valence-corrected chi connectivity index (χ4v) is 0.737. The predicted octanol–water partition coefficient (Wildman–Crippen LogP) is 1.81. The number of unbranched alkanes of at least 4 members (excludes halogenated alkanes) is 1. The van der Waals surface area contributed by atoms with Gasteiger partial charge in [-0.25, -0.2) is 0 Å². The lowest BCUT2D eigenvalue weighted by atomic mass is 10.4. The summed E-state index contributed by atoms with van der Waals surface area (Å²) in [7, 11) is 1.73. The van der Waals surface area contributed by atoms with Crippen molar-refractivity contribution in [3.63, 3.8) is 0 Å². The van der Waals surface area contributed by atoms with Crippen molar-refractivity contribution in [1.82, 2.24) is 0 Å². The molecule has 0 saturated heterocycles. The topological polar surface area (TPSA) is 9.23 Å². The molecule has 0 bridgehead atoms. The number of rotatable bonds is 4. The number of alkyl halides is 1. The van der Waals surface area contributed by atoms with Crippen molar-refractivity contribution >= 4 is 15.9 Å². The molecule has 0 aromatic rings. The van der Waals surface area contributed by atoms with Gasteiger partial charge in [0.15, 0.2) is 0 Å². The van der Waals surface area contributed by atoms with E-state index in [9.17, 15) is 0 Å². The standard InChI is InChI=1S/C5H11BrO/c1-7-5-3-2-4-6/h2-5H2,1H3. The van der Waals surface area contributed by atoms with Crippen LogP contribution in [0.4, 0.5) is 0 Å². The first-order valence-corrected chi connectivity index (χ1v) is 3.59. The van der Waals surface area contributed by atoms with E-state index in [0.29, 0.717) is 0 Å². The molecular formula is C5H11BrO. The molecule has 2 heteroatoms. The minimum Gasteiger partial charge on any atom is -0.385 e. The molecule has 7 heavy (non-hydrogen) atoms. The lowest BCUT2D eigenvalue weighted by molar-refractivity contribution is 0.194. The summed E-state index contributed by atoms with van der Waals surface area (Å²) in [5.74, 6) is 0. The van der Waals surface area contributed by atoms with Crippen molar-refractivity contribution in [3.05, 3.63) is 0 Å². The van der Waals surface area contributed by atoms with Crippen molar-refractivity contribution in [2.24, 2.45) is 0 Å². The van der Waals surface area contributed by atoms with Crippen molar-refractivity contribution < 1.29 is 4.74 Å². The number of halogens is 1. The molecule has 0 saturated carbocycles. The van der Waals surface area contributed by atoms with E-state index in [-0.39, 0.29) is 0 Å². The van der Waals surface area contributed by atoms with E-state index < -0.39 is 0 Å². The zero-order valence-corrected chi connectivity index (χ0v) is 6.20. The Morgan fingerprint density at radius 3 is 2.57 bits per heavy atom. The van der Waals surface area contributed by atoms with Crippen molar-refractivity contribution in [2.75, 3.05) is 19.0 Å². The van der Waals surface area contributed by atoms with Crippen LogP contribution in [-0.4, -0.2) is 19.0 Å². The third-order valence-corrected chi connectivity index (χ3v) is 1.29. The Kier molecular flexibility index (Phi) is 6.84. The highest BCUT2D eigenvalue weighted by molar-refractivity contribution is 9.09. The van der Waals surface area contributed by atoms with Gasteiger partial charge in [-0.15, -0.1) is 0 Å². The van der Waals surface area contributed by atoms with Gasteiger partial charge in [0.05, 0.1) is 0 Å². The summed E-state index contributed by atoms with van der Waals surface area (Å²) in [5.41, 5.74) is 0. The monoisotopic (exact) mass is 166 g/mol. The molecule has 0 aliphatic carbocycles. The molecule has 0 N–H and O–H groups in total. The lowest BCUT2D eigenvalue weighted by Crippen LogP contribution is -1.87. The number of methoxy groups -OCH3 is 1. The fraction of sp³-hybridized carbons (Fsp3) is 1.00. The van der Waals surface area contributed by atoms with Gasteiger partial charge in [-0.05, 0) is 12.8 Å². The number of hydrogen-bond acceptors (Lipinski definition) is 1. The van der Waals surface area contributed by atoms with E-state index in [2.05, 4.69) is 15.9 Å². The molecule has 0 unspecified atom stereocenters. The van der Waals surface area contributed by atoms with Gasteiger partial charge in [0.25, 0.3) is 0 Å². The lowest BCUT2D eigenvalue weighted by Gasteiger charge is -1.92. The van der Waals surface area contributed by atoms with Crippen LogP contribution < -0.4 is 0 Å². The highest BCUT2D eigenvalue weighted by Gasteiger charge is 1.80. The Bertz CT molecular complexity index is 27.3. The molecule has 0 atom stereocenters. The Labute approximate surface area is 53.2 Å². The zero-order chi connectivity index (χ0) is 5.54. The Morgan fingerprint density at radius 2 is 2.14 bits per heavy atom. The molecule has 0 radical (unpaired) electrons. The molecule has 1 nitrogen and oxygen atoms in total. The second-order valence-electron chi connectivity index (χ2n) is 1.39. The molecule has 0 heterocycles. The summed E-state index contributed by atoms with van der Waals surface area (Å²) in [4.78, 5) is 0. The number of ether oxygens (including phenoxy) is 1. The predicted molar refractivity (Wildman–Crippen MR) is 34.9 cm³/mol. The van der Waals surface area contributed by atoms with Gasteiger partial charge in [0.1, 0.15) is 0 Å². The van der Waals surface area contributed by atoms with E-state index in [4.69, 9.17) is 4.74 Å².